The van der Waals surface area contributed by atoms with E-state index in [1.165, 1.54) is 62.8 Å². The molecule has 0 saturated heterocycles. The van der Waals surface area contributed by atoms with Crippen molar-refractivity contribution in [2.45, 2.75) is 94.9 Å². The monoisotopic (exact) mass is 1170 g/mol. The zero-order valence-electron chi connectivity index (χ0n) is 46.2. The Kier molecular flexibility index (Phi) is 28.4. The zero-order chi connectivity index (χ0) is 53.2. The van der Waals surface area contributed by atoms with Gasteiger partial charge in [-0.25, -0.2) is 29.9 Å². The summed E-state index contributed by atoms with van der Waals surface area (Å²) < 4.78 is 7.05. The molecular weight excluding hydrogens is 1110 g/mol. The Bertz CT molecular complexity index is 3030. The Balaban J connectivity index is 0.000000435. The molecule has 16 heteroatoms. The largest absolute Gasteiger partial charge is 1.00 e. The number of aryl methyl sites for hydroxylation is 8. The maximum Gasteiger partial charge on any atom is 1.00 e. The van der Waals surface area contributed by atoms with Crippen LogP contribution in [0, 0.1) is 55.4 Å². The molecule has 0 saturated carbocycles. The number of hydrogen-bond donors (Lipinski definition) is 3. The number of aromatic hydroxyl groups is 3. The number of nitrogens with zero attached hydrogens (tertiary/aromatic N) is 6. The summed E-state index contributed by atoms with van der Waals surface area (Å²) in [5, 5.41) is 39.3. The van der Waals surface area contributed by atoms with Gasteiger partial charge in [-0.1, -0.05) is 97.8 Å². The summed E-state index contributed by atoms with van der Waals surface area (Å²) in [5.41, 5.74) is 14.0. The summed E-state index contributed by atoms with van der Waals surface area (Å²) in [4.78, 5) is 39.6. The third-order valence-corrected chi connectivity index (χ3v) is 12.8. The van der Waals surface area contributed by atoms with Crippen molar-refractivity contribution in [3.63, 3.8) is 0 Å². The molecule has 6 aromatic carbocycles. The van der Waals surface area contributed by atoms with Gasteiger partial charge in [0.2, 0.25) is 0 Å². The predicted molar refractivity (Wildman–Crippen MR) is 298 cm³/mol. The normalized spacial score (nSPS) is 10.2. The first-order valence-corrected chi connectivity index (χ1v) is 25.6. The van der Waals surface area contributed by atoms with Gasteiger partial charge in [0.15, 0.2) is 34.9 Å². The average molecular weight is 1180 g/mol. The number of phenols is 3. The van der Waals surface area contributed by atoms with E-state index in [0.717, 1.165) is 46.2 Å². The molecule has 2 aromatic heterocycles. The summed E-state index contributed by atoms with van der Waals surface area (Å²) in [6, 6.07) is 34.2. The van der Waals surface area contributed by atoms with Crippen LogP contribution in [0.4, 0.5) is 0 Å². The Morgan fingerprint density at radius 3 is 1.09 bits per heavy atom. The number of halogens is 1. The number of alkyl halides is 1. The molecule has 8 rings (SSSR count). The molecule has 8 aromatic rings. The van der Waals surface area contributed by atoms with Crippen molar-refractivity contribution in [1.82, 2.24) is 29.9 Å². The van der Waals surface area contributed by atoms with Crippen LogP contribution in [0.25, 0.3) is 68.3 Å². The Morgan fingerprint density at radius 2 is 0.813 bits per heavy atom. The van der Waals surface area contributed by atoms with Crippen molar-refractivity contribution in [3.8, 4) is 91.3 Å². The smallest absolute Gasteiger partial charge is 1.00 e. The maximum atomic E-state index is 10.8. The standard InChI is InChI=1S/C29H31N3O2.C25H23N3O2.C4H9I.CH2O3.2K.H/c1-6-7-14-34-24-12-13-25(26(33)17-24)29-31-27(22-10-8-18(2)20(4)15-22)30-28(32-29)23-11-9-19(3)21(5)16-23;1-14-5-7-18(11-16(14)3)23-26-24(19-8-6-15(2)17(4)12-19)28-25(27-23)21-10-9-20(29)13-22(21)30;1-2-3-4-5;2-1-4-3;;;/h8-13,15-17,33H,6-7,14H2,1-5H3;5-13,29-30H,1-4H3;2-4H2,1H3;1,3H;;;/q;;;;2*+1;-1/p-1. The summed E-state index contributed by atoms with van der Waals surface area (Å²) in [6.07, 6.45) is 4.73. The SMILES string of the molecule is CCCCI.CCCCOc1ccc(-c2nc(-c3ccc(C)c(C)c3)nc(-c3ccc(C)c(C)c3)n2)c(O)c1.Cc1ccc(-c2nc(-c3ccc(C)c(C)c3)nc(-c3ccc(O)cc3O)n2)cc1C.O=CO[O-].[H-].[K+].[K+]. The fourth-order valence-electron chi connectivity index (χ4n) is 7.00. The molecule has 0 aliphatic rings. The van der Waals surface area contributed by atoms with Crippen LogP contribution in [0.2, 0.25) is 0 Å². The zero-order valence-corrected chi connectivity index (χ0v) is 53.7. The van der Waals surface area contributed by atoms with Crippen molar-refractivity contribution in [2.24, 2.45) is 0 Å². The first-order valence-electron chi connectivity index (χ1n) is 24.1. The van der Waals surface area contributed by atoms with E-state index in [4.69, 9.17) is 34.7 Å². The first-order chi connectivity index (χ1) is 35.0. The predicted octanol–water partition coefficient (Wildman–Crippen LogP) is 7.28. The molecule has 0 radical (unpaired) electrons. The topological polar surface area (TPSA) is 197 Å². The molecule has 0 atom stereocenters. The summed E-state index contributed by atoms with van der Waals surface area (Å²) in [6.45, 7) is 21.3. The van der Waals surface area contributed by atoms with E-state index in [1.807, 2.05) is 42.5 Å². The second kappa shape index (κ2) is 32.6. The minimum atomic E-state index is -0.181. The molecule has 0 aliphatic heterocycles. The molecule has 75 heavy (non-hydrogen) atoms. The molecule has 0 spiro atoms. The number of benzene rings is 6. The van der Waals surface area contributed by atoms with Gasteiger partial charge in [0, 0.05) is 34.4 Å². The molecule has 382 valence electrons. The van der Waals surface area contributed by atoms with Crippen molar-refractivity contribution in [2.75, 3.05) is 11.0 Å². The number of aromatic nitrogens is 6. The van der Waals surface area contributed by atoms with Crippen LogP contribution in [-0.4, -0.2) is 62.7 Å². The van der Waals surface area contributed by atoms with Gasteiger partial charge in [0.25, 0.3) is 6.47 Å². The van der Waals surface area contributed by atoms with E-state index < -0.39 is 0 Å². The van der Waals surface area contributed by atoms with E-state index >= 15 is 0 Å². The van der Waals surface area contributed by atoms with Crippen LogP contribution in [-0.2, 0) is 9.68 Å². The molecule has 3 N–H and O–H groups in total. The second-order valence-electron chi connectivity index (χ2n) is 17.6. The Hall–Kier alpha value is -4.03. The Morgan fingerprint density at radius 1 is 0.480 bits per heavy atom. The quantitative estimate of drug-likeness (QED) is 0.0198. The van der Waals surface area contributed by atoms with Gasteiger partial charge in [0.1, 0.15) is 23.0 Å². The van der Waals surface area contributed by atoms with Crippen LogP contribution < -0.4 is 113 Å². The van der Waals surface area contributed by atoms with Crippen molar-refractivity contribution in [3.05, 3.63) is 154 Å². The van der Waals surface area contributed by atoms with Gasteiger partial charge >= 0.3 is 103 Å². The van der Waals surface area contributed by atoms with Crippen molar-refractivity contribution < 1.29 is 139 Å². The van der Waals surface area contributed by atoms with Gasteiger partial charge in [-0.3, -0.25) is 4.79 Å². The fourth-order valence-corrected chi connectivity index (χ4v) is 7.76. The minimum absolute atomic E-state index is 0. The molecule has 0 fully saturated rings. The molecule has 13 nitrogen and oxygen atoms in total. The van der Waals surface area contributed by atoms with Gasteiger partial charge in [-0.05, 0) is 166 Å². The van der Waals surface area contributed by atoms with E-state index in [0.29, 0.717) is 58.4 Å². The number of unbranched alkanes of at least 4 members (excludes halogenated alkanes) is 2. The average Bonchev–Trinajstić information content (AvgIpc) is 3.38. The molecule has 0 amide bonds. The van der Waals surface area contributed by atoms with Crippen LogP contribution in [0.3, 0.4) is 0 Å². The number of hydrogen-bond acceptors (Lipinski definition) is 13. The van der Waals surface area contributed by atoms with Crippen molar-refractivity contribution in [1.29, 1.82) is 0 Å². The van der Waals surface area contributed by atoms with Crippen LogP contribution >= 0.6 is 22.6 Å². The van der Waals surface area contributed by atoms with E-state index in [-0.39, 0.29) is 128 Å². The van der Waals surface area contributed by atoms with E-state index in [1.54, 1.807) is 18.2 Å². The number of carbonyl (C=O) groups excluding carboxylic acids is 1. The first kappa shape index (κ1) is 65.3. The van der Waals surface area contributed by atoms with E-state index in [9.17, 15) is 15.3 Å². The van der Waals surface area contributed by atoms with Gasteiger partial charge in [-0.15, -0.1) is 0 Å². The van der Waals surface area contributed by atoms with E-state index in [2.05, 4.69) is 143 Å². The summed E-state index contributed by atoms with van der Waals surface area (Å²) >= 11 is 2.39. The third-order valence-electron chi connectivity index (χ3n) is 12.1. The third kappa shape index (κ3) is 19.1. The van der Waals surface area contributed by atoms with Crippen LogP contribution in [0.1, 0.15) is 85.5 Å². The molecule has 2 heterocycles. The molecule has 0 aliphatic carbocycles. The number of ether oxygens (including phenoxy) is 1. The van der Waals surface area contributed by atoms with Gasteiger partial charge in [0.05, 0.1) is 17.7 Å². The van der Waals surface area contributed by atoms with Gasteiger partial charge < -0.3 is 31.6 Å². The maximum absolute atomic E-state index is 10.8. The molecular formula is C59H65IK2N6O7. The molecule has 0 unspecified atom stereocenters. The summed E-state index contributed by atoms with van der Waals surface area (Å²) in [5.74, 6) is 3.59. The number of rotatable bonds is 13. The number of phenolic OH excluding ortho intramolecular Hbond substituents is 3. The molecule has 0 bridgehead atoms. The Labute approximate surface area is 541 Å². The summed E-state index contributed by atoms with van der Waals surface area (Å²) in [7, 11) is 0. The van der Waals surface area contributed by atoms with Crippen molar-refractivity contribution >= 4 is 29.1 Å². The van der Waals surface area contributed by atoms with Crippen LogP contribution in [0.15, 0.2) is 109 Å². The second-order valence-corrected chi connectivity index (χ2v) is 18.7. The minimum Gasteiger partial charge on any atom is -1.00 e. The van der Waals surface area contributed by atoms with Crippen LogP contribution in [0.5, 0.6) is 23.0 Å². The van der Waals surface area contributed by atoms with Gasteiger partial charge in [-0.2, -0.15) is 0 Å². The fraction of sp³-hybridized carbons (Fsp3) is 0.271. The number of carbonyl (C=O) groups is 1.